The monoisotopic (exact) mass is 280 g/mol. The Hall–Kier alpha value is -1.37. The van der Waals surface area contributed by atoms with Crippen LogP contribution in [0.5, 0.6) is 11.5 Å². The van der Waals surface area contributed by atoms with Gasteiger partial charge in [0.05, 0.1) is 24.3 Å². The fraction of sp³-hybridized carbons (Fsp3) is 0.467. The Morgan fingerprint density at radius 1 is 1.37 bits per heavy atom. The summed E-state index contributed by atoms with van der Waals surface area (Å²) in [5.41, 5.74) is 0.743. The lowest BCUT2D eigenvalue weighted by molar-refractivity contribution is 0.169. The van der Waals surface area contributed by atoms with Crippen molar-refractivity contribution in [1.82, 2.24) is 0 Å². The SMILES string of the molecule is CC#CCCC(O)c1cc(Cl)c2c(c1)OCCCO2. The van der Waals surface area contributed by atoms with Crippen LogP contribution in [0.25, 0.3) is 0 Å². The molecule has 4 heteroatoms. The van der Waals surface area contributed by atoms with Crippen molar-refractivity contribution >= 4 is 11.6 Å². The van der Waals surface area contributed by atoms with E-state index in [9.17, 15) is 5.11 Å². The van der Waals surface area contributed by atoms with Gasteiger partial charge in [0, 0.05) is 12.8 Å². The van der Waals surface area contributed by atoms with Crippen LogP contribution in [0.3, 0.4) is 0 Å². The quantitative estimate of drug-likeness (QED) is 0.863. The van der Waals surface area contributed by atoms with E-state index in [1.807, 2.05) is 0 Å². The standard InChI is InChI=1S/C15H17ClO3/c1-2-3-4-6-13(17)11-9-12(16)15-14(10-11)18-7-5-8-19-15/h9-10,13,17H,4-8H2,1H3. The molecule has 2 rings (SSSR count). The van der Waals surface area contributed by atoms with Crippen LogP contribution in [0.4, 0.5) is 0 Å². The smallest absolute Gasteiger partial charge is 0.179 e. The van der Waals surface area contributed by atoms with Gasteiger partial charge in [-0.05, 0) is 31.0 Å². The van der Waals surface area contributed by atoms with E-state index in [1.54, 1.807) is 19.1 Å². The summed E-state index contributed by atoms with van der Waals surface area (Å²) in [6.45, 7) is 2.99. The van der Waals surface area contributed by atoms with Gasteiger partial charge in [-0.1, -0.05) is 11.6 Å². The van der Waals surface area contributed by atoms with E-state index in [1.165, 1.54) is 0 Å². The molecule has 1 heterocycles. The highest BCUT2D eigenvalue weighted by Crippen LogP contribution is 2.39. The van der Waals surface area contributed by atoms with E-state index in [-0.39, 0.29) is 0 Å². The van der Waals surface area contributed by atoms with E-state index in [2.05, 4.69) is 11.8 Å². The molecule has 1 aromatic carbocycles. The van der Waals surface area contributed by atoms with Gasteiger partial charge >= 0.3 is 0 Å². The van der Waals surface area contributed by atoms with Crippen molar-refractivity contribution in [3.8, 4) is 23.3 Å². The molecule has 0 saturated heterocycles. The van der Waals surface area contributed by atoms with Crippen molar-refractivity contribution in [3.05, 3.63) is 22.7 Å². The fourth-order valence-electron chi connectivity index (χ4n) is 1.94. The lowest BCUT2D eigenvalue weighted by atomic mass is 10.0. The molecule has 1 aliphatic heterocycles. The molecule has 0 aromatic heterocycles. The Morgan fingerprint density at radius 3 is 2.95 bits per heavy atom. The highest BCUT2D eigenvalue weighted by atomic mass is 35.5. The van der Waals surface area contributed by atoms with Gasteiger partial charge in [0.1, 0.15) is 0 Å². The zero-order valence-corrected chi connectivity index (χ0v) is 11.7. The van der Waals surface area contributed by atoms with Crippen molar-refractivity contribution in [3.63, 3.8) is 0 Å². The molecule has 1 atom stereocenters. The van der Waals surface area contributed by atoms with Crippen LogP contribution in [0.15, 0.2) is 12.1 Å². The molecular weight excluding hydrogens is 264 g/mol. The van der Waals surface area contributed by atoms with Gasteiger partial charge in [-0.2, -0.15) is 0 Å². The molecule has 0 amide bonds. The van der Waals surface area contributed by atoms with Gasteiger partial charge in [0.2, 0.25) is 0 Å². The zero-order chi connectivity index (χ0) is 13.7. The maximum atomic E-state index is 10.1. The Balaban J connectivity index is 2.19. The number of aliphatic hydroxyl groups is 1. The minimum Gasteiger partial charge on any atom is -0.489 e. The van der Waals surface area contributed by atoms with Crippen LogP contribution in [0, 0.1) is 11.8 Å². The molecular formula is C15H17ClO3. The maximum Gasteiger partial charge on any atom is 0.179 e. The van der Waals surface area contributed by atoms with Crippen molar-refractivity contribution < 1.29 is 14.6 Å². The van der Waals surface area contributed by atoms with E-state index in [0.29, 0.717) is 42.6 Å². The van der Waals surface area contributed by atoms with Gasteiger partial charge in [-0.3, -0.25) is 0 Å². The van der Waals surface area contributed by atoms with Crippen LogP contribution >= 0.6 is 11.6 Å². The first-order valence-corrected chi connectivity index (χ1v) is 6.77. The van der Waals surface area contributed by atoms with Crippen LogP contribution in [-0.2, 0) is 0 Å². The Morgan fingerprint density at radius 2 is 2.16 bits per heavy atom. The summed E-state index contributed by atoms with van der Waals surface area (Å²) in [7, 11) is 0. The van der Waals surface area contributed by atoms with E-state index < -0.39 is 6.10 Å². The van der Waals surface area contributed by atoms with Crippen LogP contribution in [-0.4, -0.2) is 18.3 Å². The van der Waals surface area contributed by atoms with Gasteiger partial charge in [-0.25, -0.2) is 0 Å². The first-order valence-electron chi connectivity index (χ1n) is 6.39. The molecule has 0 aliphatic carbocycles. The second-order valence-electron chi connectivity index (χ2n) is 4.36. The van der Waals surface area contributed by atoms with Crippen molar-refractivity contribution in [1.29, 1.82) is 0 Å². The highest BCUT2D eigenvalue weighted by molar-refractivity contribution is 6.32. The largest absolute Gasteiger partial charge is 0.489 e. The van der Waals surface area contributed by atoms with Crippen LogP contribution in [0.1, 0.15) is 37.9 Å². The number of ether oxygens (including phenoxy) is 2. The second kappa shape index (κ2) is 6.70. The summed E-state index contributed by atoms with van der Waals surface area (Å²) in [4.78, 5) is 0. The third-order valence-corrected chi connectivity index (χ3v) is 3.21. The van der Waals surface area contributed by atoms with Gasteiger partial charge in [0.25, 0.3) is 0 Å². The van der Waals surface area contributed by atoms with E-state index in [0.717, 1.165) is 12.0 Å². The summed E-state index contributed by atoms with van der Waals surface area (Å²) in [6, 6.07) is 3.54. The van der Waals surface area contributed by atoms with Crippen molar-refractivity contribution in [2.24, 2.45) is 0 Å². The topological polar surface area (TPSA) is 38.7 Å². The molecule has 0 fully saturated rings. The fourth-order valence-corrected chi connectivity index (χ4v) is 2.22. The molecule has 0 saturated carbocycles. The van der Waals surface area contributed by atoms with Gasteiger partial charge < -0.3 is 14.6 Å². The number of fused-ring (bicyclic) bond motifs is 1. The van der Waals surface area contributed by atoms with Crippen LogP contribution in [0.2, 0.25) is 5.02 Å². The molecule has 1 aliphatic rings. The average Bonchev–Trinajstić information content (AvgIpc) is 2.64. The normalized spacial score (nSPS) is 15.1. The summed E-state index contributed by atoms with van der Waals surface area (Å²) >= 11 is 6.18. The predicted octanol–water partition coefficient (Wildman–Crippen LogP) is 3.34. The lowest BCUT2D eigenvalue weighted by Crippen LogP contribution is -2.00. The van der Waals surface area contributed by atoms with Crippen molar-refractivity contribution in [2.75, 3.05) is 13.2 Å². The van der Waals surface area contributed by atoms with E-state index in [4.69, 9.17) is 21.1 Å². The Kier molecular flexibility index (Phi) is 4.95. The summed E-state index contributed by atoms with van der Waals surface area (Å²) < 4.78 is 11.1. The molecule has 19 heavy (non-hydrogen) atoms. The summed E-state index contributed by atoms with van der Waals surface area (Å²) in [5.74, 6) is 6.93. The van der Waals surface area contributed by atoms with Crippen LogP contribution < -0.4 is 9.47 Å². The molecule has 0 bridgehead atoms. The number of aliphatic hydroxyl groups excluding tert-OH is 1. The molecule has 1 N–H and O–H groups in total. The second-order valence-corrected chi connectivity index (χ2v) is 4.77. The predicted molar refractivity (Wildman–Crippen MR) is 74.7 cm³/mol. The van der Waals surface area contributed by atoms with Gasteiger partial charge in [0.15, 0.2) is 11.5 Å². The number of halogens is 1. The number of rotatable bonds is 3. The molecule has 0 spiro atoms. The third-order valence-electron chi connectivity index (χ3n) is 2.93. The minimum atomic E-state index is -0.587. The Bertz CT molecular complexity index is 502. The number of hydrogen-bond acceptors (Lipinski definition) is 3. The first kappa shape index (κ1) is 14.0. The average molecular weight is 281 g/mol. The lowest BCUT2D eigenvalue weighted by Gasteiger charge is -2.14. The summed E-state index contributed by atoms with van der Waals surface area (Å²) in [5, 5.41) is 10.6. The van der Waals surface area contributed by atoms with Crippen molar-refractivity contribution in [2.45, 2.75) is 32.3 Å². The molecule has 0 radical (unpaired) electrons. The molecule has 1 unspecified atom stereocenters. The first-order chi connectivity index (χ1) is 9.22. The number of hydrogen-bond donors (Lipinski definition) is 1. The van der Waals surface area contributed by atoms with E-state index >= 15 is 0 Å². The molecule has 102 valence electrons. The Labute approximate surface area is 118 Å². The maximum absolute atomic E-state index is 10.1. The molecule has 3 nitrogen and oxygen atoms in total. The molecule has 1 aromatic rings. The van der Waals surface area contributed by atoms with Gasteiger partial charge in [-0.15, -0.1) is 11.8 Å². The third kappa shape index (κ3) is 3.56. The zero-order valence-electron chi connectivity index (χ0n) is 10.9. The minimum absolute atomic E-state index is 0.482. The number of benzene rings is 1. The highest BCUT2D eigenvalue weighted by Gasteiger charge is 2.18. The summed E-state index contributed by atoms with van der Waals surface area (Å²) in [6.07, 6.45) is 1.48.